The molecule has 3 rings (SSSR count). The number of amides is 1. The van der Waals surface area contributed by atoms with Gasteiger partial charge in [0.25, 0.3) is 5.91 Å². The third-order valence-electron chi connectivity index (χ3n) is 3.98. The Bertz CT molecular complexity index is 884. The zero-order valence-electron chi connectivity index (χ0n) is 14.7. The highest BCUT2D eigenvalue weighted by Gasteiger charge is 2.10. The molecule has 5 nitrogen and oxygen atoms in total. The van der Waals surface area contributed by atoms with Gasteiger partial charge in [0.2, 0.25) is 0 Å². The maximum Gasteiger partial charge on any atom is 0.258 e. The number of nitrogens with one attached hydrogen (secondary N) is 1. The van der Waals surface area contributed by atoms with E-state index in [1.165, 1.54) is 5.56 Å². The Hall–Kier alpha value is -3.34. The molecule has 0 aliphatic rings. The summed E-state index contributed by atoms with van der Waals surface area (Å²) < 4.78 is 7.52. The molecule has 0 spiro atoms. The van der Waals surface area contributed by atoms with Crippen LogP contribution in [0.3, 0.4) is 0 Å². The molecule has 0 unspecified atom stereocenters. The van der Waals surface area contributed by atoms with Gasteiger partial charge in [0, 0.05) is 24.5 Å². The molecule has 0 atom stereocenters. The minimum atomic E-state index is -0.173. The van der Waals surface area contributed by atoms with Gasteiger partial charge < -0.3 is 14.6 Å². The molecule has 0 saturated heterocycles. The van der Waals surface area contributed by atoms with E-state index in [9.17, 15) is 4.79 Å². The molecule has 0 fully saturated rings. The van der Waals surface area contributed by atoms with Crippen molar-refractivity contribution < 1.29 is 9.53 Å². The Kier molecular flexibility index (Phi) is 5.49. The number of hydrogen-bond acceptors (Lipinski definition) is 3. The van der Waals surface area contributed by atoms with Gasteiger partial charge in [-0.3, -0.25) is 4.79 Å². The minimum Gasteiger partial charge on any atom is -0.483 e. The zero-order chi connectivity index (χ0) is 18.4. The molecule has 0 saturated carbocycles. The molecule has 2 aromatic carbocycles. The normalized spacial score (nSPS) is 10.3. The van der Waals surface area contributed by atoms with E-state index in [2.05, 4.69) is 16.9 Å². The van der Waals surface area contributed by atoms with Gasteiger partial charge in [-0.05, 0) is 24.6 Å². The van der Waals surface area contributed by atoms with Crippen LogP contribution in [-0.2, 0) is 11.3 Å². The molecule has 0 radical (unpaired) electrons. The molecule has 1 heterocycles. The number of benzene rings is 2. The summed E-state index contributed by atoms with van der Waals surface area (Å²) in [5.74, 6) is 0.435. The van der Waals surface area contributed by atoms with Crippen LogP contribution < -0.4 is 10.1 Å². The topological polar surface area (TPSA) is 56.1 Å². The Balaban J connectivity index is 1.58. The van der Waals surface area contributed by atoms with Crippen molar-refractivity contribution in [3.05, 3.63) is 90.5 Å². The predicted octanol–water partition coefficient (Wildman–Crippen LogP) is 3.41. The van der Waals surface area contributed by atoms with Crippen LogP contribution in [0.5, 0.6) is 5.75 Å². The van der Waals surface area contributed by atoms with Gasteiger partial charge in [0.15, 0.2) is 6.61 Å². The molecule has 1 N–H and O–H groups in total. The van der Waals surface area contributed by atoms with Gasteiger partial charge in [-0.15, -0.1) is 0 Å². The van der Waals surface area contributed by atoms with Crippen molar-refractivity contribution in [1.82, 2.24) is 14.9 Å². The molecular formula is C21H21N3O2. The van der Waals surface area contributed by atoms with Crippen molar-refractivity contribution in [2.24, 2.45) is 0 Å². The Morgan fingerprint density at radius 1 is 1.19 bits per heavy atom. The SMILES string of the molecule is C=C(c1ccccc1OCC(=O)NCc1ccc(C)cc1)n1ccnc1. The van der Waals surface area contributed by atoms with Gasteiger partial charge in [0.1, 0.15) is 5.75 Å². The third-order valence-corrected chi connectivity index (χ3v) is 3.98. The lowest BCUT2D eigenvalue weighted by Gasteiger charge is -2.14. The van der Waals surface area contributed by atoms with Crippen molar-refractivity contribution in [3.63, 3.8) is 0 Å². The predicted molar refractivity (Wildman–Crippen MR) is 102 cm³/mol. The van der Waals surface area contributed by atoms with E-state index in [4.69, 9.17) is 4.74 Å². The third kappa shape index (κ3) is 4.39. The molecule has 1 amide bonds. The van der Waals surface area contributed by atoms with Crippen LogP contribution >= 0.6 is 0 Å². The summed E-state index contributed by atoms with van der Waals surface area (Å²) >= 11 is 0. The van der Waals surface area contributed by atoms with Crippen molar-refractivity contribution in [1.29, 1.82) is 0 Å². The lowest BCUT2D eigenvalue weighted by atomic mass is 10.1. The number of carbonyl (C=O) groups excluding carboxylic acids is 1. The van der Waals surface area contributed by atoms with E-state index in [-0.39, 0.29) is 12.5 Å². The highest BCUT2D eigenvalue weighted by molar-refractivity contribution is 5.78. The van der Waals surface area contributed by atoms with E-state index in [0.717, 1.165) is 16.8 Å². The smallest absolute Gasteiger partial charge is 0.258 e. The summed E-state index contributed by atoms with van der Waals surface area (Å²) in [6.07, 6.45) is 5.17. The number of hydrogen-bond donors (Lipinski definition) is 1. The van der Waals surface area contributed by atoms with Crippen LogP contribution in [0.15, 0.2) is 73.8 Å². The summed E-state index contributed by atoms with van der Waals surface area (Å²) in [6.45, 7) is 6.54. The first-order valence-electron chi connectivity index (χ1n) is 8.35. The second-order valence-electron chi connectivity index (χ2n) is 5.96. The number of ether oxygens (including phenoxy) is 1. The summed E-state index contributed by atoms with van der Waals surface area (Å²) in [6, 6.07) is 15.5. The van der Waals surface area contributed by atoms with Crippen LogP contribution in [0.1, 0.15) is 16.7 Å². The van der Waals surface area contributed by atoms with E-state index in [1.807, 2.05) is 61.7 Å². The number of imidazole rings is 1. The molecule has 0 bridgehead atoms. The van der Waals surface area contributed by atoms with E-state index >= 15 is 0 Å². The van der Waals surface area contributed by atoms with Gasteiger partial charge in [-0.25, -0.2) is 4.98 Å². The van der Waals surface area contributed by atoms with Gasteiger partial charge in [-0.1, -0.05) is 48.5 Å². The Labute approximate surface area is 153 Å². The second-order valence-corrected chi connectivity index (χ2v) is 5.96. The first-order valence-corrected chi connectivity index (χ1v) is 8.35. The lowest BCUT2D eigenvalue weighted by molar-refractivity contribution is -0.123. The van der Waals surface area contributed by atoms with Crippen LogP contribution in [0, 0.1) is 6.92 Å². The van der Waals surface area contributed by atoms with Gasteiger partial charge in [-0.2, -0.15) is 0 Å². The molecule has 0 aliphatic heterocycles. The second kappa shape index (κ2) is 8.16. The molecule has 132 valence electrons. The molecular weight excluding hydrogens is 326 g/mol. The number of aryl methyl sites for hydroxylation is 1. The lowest BCUT2D eigenvalue weighted by Crippen LogP contribution is -2.28. The van der Waals surface area contributed by atoms with E-state index in [0.29, 0.717) is 12.3 Å². The maximum atomic E-state index is 12.1. The highest BCUT2D eigenvalue weighted by atomic mass is 16.5. The fourth-order valence-corrected chi connectivity index (χ4v) is 2.49. The quantitative estimate of drug-likeness (QED) is 0.713. The fraction of sp³-hybridized carbons (Fsp3) is 0.143. The Morgan fingerprint density at radius 3 is 2.69 bits per heavy atom. The van der Waals surface area contributed by atoms with Gasteiger partial charge >= 0.3 is 0 Å². The minimum absolute atomic E-state index is 0.0555. The van der Waals surface area contributed by atoms with Gasteiger partial charge in [0.05, 0.1) is 12.0 Å². The summed E-state index contributed by atoms with van der Waals surface area (Å²) in [4.78, 5) is 16.1. The first-order chi connectivity index (χ1) is 12.6. The maximum absolute atomic E-state index is 12.1. The van der Waals surface area contributed by atoms with E-state index < -0.39 is 0 Å². The summed E-state index contributed by atoms with van der Waals surface area (Å²) in [5, 5.41) is 2.86. The standard InChI is InChI=1S/C21H21N3O2/c1-16-7-9-18(10-8-16)13-23-21(25)14-26-20-6-4-3-5-19(20)17(2)24-12-11-22-15-24/h3-12,15H,2,13-14H2,1H3,(H,23,25). The monoisotopic (exact) mass is 347 g/mol. The number of para-hydroxylation sites is 1. The molecule has 3 aromatic rings. The fourth-order valence-electron chi connectivity index (χ4n) is 2.49. The van der Waals surface area contributed by atoms with Crippen molar-refractivity contribution in [2.45, 2.75) is 13.5 Å². The summed E-state index contributed by atoms with van der Waals surface area (Å²) in [5.41, 5.74) is 3.80. The van der Waals surface area contributed by atoms with Crippen LogP contribution in [0.4, 0.5) is 0 Å². The Morgan fingerprint density at radius 2 is 1.96 bits per heavy atom. The first kappa shape index (κ1) is 17.5. The van der Waals surface area contributed by atoms with Crippen molar-refractivity contribution >= 4 is 11.6 Å². The highest BCUT2D eigenvalue weighted by Crippen LogP contribution is 2.25. The largest absolute Gasteiger partial charge is 0.483 e. The summed E-state index contributed by atoms with van der Waals surface area (Å²) in [7, 11) is 0. The van der Waals surface area contributed by atoms with Crippen molar-refractivity contribution in [2.75, 3.05) is 6.61 Å². The zero-order valence-corrected chi connectivity index (χ0v) is 14.7. The number of nitrogens with zero attached hydrogens (tertiary/aromatic N) is 2. The van der Waals surface area contributed by atoms with Crippen LogP contribution in [-0.4, -0.2) is 22.1 Å². The number of rotatable bonds is 7. The average Bonchev–Trinajstić information content (AvgIpc) is 3.20. The van der Waals surface area contributed by atoms with E-state index in [1.54, 1.807) is 17.1 Å². The molecule has 1 aromatic heterocycles. The van der Waals surface area contributed by atoms with Crippen LogP contribution in [0.25, 0.3) is 5.70 Å². The number of aromatic nitrogens is 2. The van der Waals surface area contributed by atoms with Crippen molar-refractivity contribution in [3.8, 4) is 5.75 Å². The number of carbonyl (C=O) groups is 1. The average molecular weight is 347 g/mol. The van der Waals surface area contributed by atoms with Crippen LogP contribution in [0.2, 0.25) is 0 Å². The molecule has 26 heavy (non-hydrogen) atoms. The molecule has 0 aliphatic carbocycles. The molecule has 5 heteroatoms.